The number of ether oxygens (including phenoxy) is 2. The summed E-state index contributed by atoms with van der Waals surface area (Å²) in [6.45, 7) is 6.09. The van der Waals surface area contributed by atoms with Crippen LogP contribution in [0.4, 0.5) is 0 Å². The van der Waals surface area contributed by atoms with Crippen LogP contribution in [0.5, 0.6) is 0 Å². The lowest BCUT2D eigenvalue weighted by atomic mass is 10.1. The maximum atomic E-state index is 10.5. The molecule has 0 unspecified atom stereocenters. The SMILES string of the molecule is Cc1cccc(CN(C[C@H](O)COCc2ccccc2)C[C@H]2CCCO2)c1. The van der Waals surface area contributed by atoms with Gasteiger partial charge in [0.05, 0.1) is 25.4 Å². The summed E-state index contributed by atoms with van der Waals surface area (Å²) >= 11 is 0. The van der Waals surface area contributed by atoms with Crippen LogP contribution in [0.3, 0.4) is 0 Å². The summed E-state index contributed by atoms with van der Waals surface area (Å²) in [4.78, 5) is 2.29. The van der Waals surface area contributed by atoms with Crippen LogP contribution in [0.25, 0.3) is 0 Å². The molecule has 0 bridgehead atoms. The molecule has 0 saturated carbocycles. The number of hydrogen-bond donors (Lipinski definition) is 1. The smallest absolute Gasteiger partial charge is 0.0900 e. The Hall–Kier alpha value is -1.72. The molecular weight excluding hydrogens is 338 g/mol. The fourth-order valence-electron chi connectivity index (χ4n) is 3.59. The maximum Gasteiger partial charge on any atom is 0.0900 e. The zero-order valence-corrected chi connectivity index (χ0v) is 16.2. The van der Waals surface area contributed by atoms with Gasteiger partial charge in [-0.05, 0) is 30.9 Å². The van der Waals surface area contributed by atoms with Gasteiger partial charge >= 0.3 is 0 Å². The van der Waals surface area contributed by atoms with Crippen LogP contribution in [-0.2, 0) is 22.6 Å². The fraction of sp³-hybridized carbons (Fsp3) is 0.478. The van der Waals surface area contributed by atoms with E-state index < -0.39 is 6.10 Å². The minimum absolute atomic E-state index is 0.271. The van der Waals surface area contributed by atoms with Crippen molar-refractivity contribution in [1.29, 1.82) is 0 Å². The molecule has 1 aliphatic heterocycles. The lowest BCUT2D eigenvalue weighted by molar-refractivity contribution is -0.00287. The molecule has 27 heavy (non-hydrogen) atoms. The number of nitrogens with zero attached hydrogens (tertiary/aromatic N) is 1. The Morgan fingerprint density at radius 3 is 2.70 bits per heavy atom. The molecule has 4 heteroatoms. The second-order valence-electron chi connectivity index (χ2n) is 7.47. The first-order valence-corrected chi connectivity index (χ1v) is 9.88. The molecule has 0 radical (unpaired) electrons. The number of aliphatic hydroxyl groups is 1. The van der Waals surface area contributed by atoms with Crippen LogP contribution < -0.4 is 0 Å². The lowest BCUT2D eigenvalue weighted by Gasteiger charge is -2.27. The molecule has 2 aromatic carbocycles. The quantitative estimate of drug-likeness (QED) is 0.695. The Bertz CT molecular complexity index is 670. The van der Waals surface area contributed by atoms with Crippen LogP contribution in [0.2, 0.25) is 0 Å². The van der Waals surface area contributed by atoms with E-state index in [2.05, 4.69) is 36.1 Å². The van der Waals surface area contributed by atoms with Crippen molar-refractivity contribution in [3.05, 3.63) is 71.3 Å². The highest BCUT2D eigenvalue weighted by Gasteiger charge is 2.21. The fourth-order valence-corrected chi connectivity index (χ4v) is 3.59. The minimum Gasteiger partial charge on any atom is -0.389 e. The first-order chi connectivity index (χ1) is 13.2. The summed E-state index contributed by atoms with van der Waals surface area (Å²) in [5.74, 6) is 0. The van der Waals surface area contributed by atoms with E-state index in [1.807, 2.05) is 30.3 Å². The van der Waals surface area contributed by atoms with E-state index in [9.17, 15) is 5.11 Å². The molecule has 0 aliphatic carbocycles. The van der Waals surface area contributed by atoms with Gasteiger partial charge in [0.2, 0.25) is 0 Å². The Labute approximate surface area is 162 Å². The topological polar surface area (TPSA) is 41.9 Å². The predicted molar refractivity (Wildman–Crippen MR) is 108 cm³/mol. The zero-order valence-electron chi connectivity index (χ0n) is 16.2. The molecular formula is C23H31NO3. The van der Waals surface area contributed by atoms with Crippen LogP contribution in [0.15, 0.2) is 54.6 Å². The molecule has 0 aromatic heterocycles. The lowest BCUT2D eigenvalue weighted by Crippen LogP contribution is -2.39. The van der Waals surface area contributed by atoms with Crippen molar-refractivity contribution in [3.8, 4) is 0 Å². The summed E-state index contributed by atoms with van der Waals surface area (Å²) in [5, 5.41) is 10.5. The first kappa shape index (κ1) is 20.0. The summed E-state index contributed by atoms with van der Waals surface area (Å²) in [7, 11) is 0. The molecule has 1 fully saturated rings. The third-order valence-corrected chi connectivity index (χ3v) is 4.87. The van der Waals surface area contributed by atoms with Crippen LogP contribution >= 0.6 is 0 Å². The number of aliphatic hydroxyl groups excluding tert-OH is 1. The molecule has 2 aromatic rings. The van der Waals surface area contributed by atoms with E-state index >= 15 is 0 Å². The Balaban J connectivity index is 1.51. The van der Waals surface area contributed by atoms with E-state index in [0.717, 1.165) is 38.1 Å². The van der Waals surface area contributed by atoms with Crippen molar-refractivity contribution in [2.75, 3.05) is 26.3 Å². The van der Waals surface area contributed by atoms with E-state index in [-0.39, 0.29) is 6.10 Å². The van der Waals surface area contributed by atoms with Gasteiger partial charge in [-0.1, -0.05) is 60.2 Å². The van der Waals surface area contributed by atoms with Gasteiger partial charge in [-0.15, -0.1) is 0 Å². The van der Waals surface area contributed by atoms with Gasteiger partial charge in [-0.25, -0.2) is 0 Å². The zero-order chi connectivity index (χ0) is 18.9. The third-order valence-electron chi connectivity index (χ3n) is 4.87. The number of aryl methyl sites for hydroxylation is 1. The van der Waals surface area contributed by atoms with Crippen molar-refractivity contribution in [2.45, 2.75) is 45.1 Å². The van der Waals surface area contributed by atoms with Gasteiger partial charge in [0.15, 0.2) is 0 Å². The molecule has 3 rings (SSSR count). The van der Waals surface area contributed by atoms with E-state index in [4.69, 9.17) is 9.47 Å². The van der Waals surface area contributed by atoms with Gasteiger partial charge < -0.3 is 14.6 Å². The molecule has 2 atom stereocenters. The van der Waals surface area contributed by atoms with Gasteiger partial charge in [0.25, 0.3) is 0 Å². The summed E-state index contributed by atoms with van der Waals surface area (Å²) in [5.41, 5.74) is 3.65. The maximum absolute atomic E-state index is 10.5. The highest BCUT2D eigenvalue weighted by Crippen LogP contribution is 2.16. The first-order valence-electron chi connectivity index (χ1n) is 9.88. The average Bonchev–Trinajstić information content (AvgIpc) is 3.15. The summed E-state index contributed by atoms with van der Waals surface area (Å²) in [6.07, 6.45) is 1.99. The largest absolute Gasteiger partial charge is 0.389 e. The predicted octanol–water partition coefficient (Wildman–Crippen LogP) is 3.55. The van der Waals surface area contributed by atoms with E-state index in [1.165, 1.54) is 11.1 Å². The van der Waals surface area contributed by atoms with Crippen molar-refractivity contribution in [1.82, 2.24) is 4.90 Å². The molecule has 4 nitrogen and oxygen atoms in total. The van der Waals surface area contributed by atoms with Gasteiger partial charge in [0.1, 0.15) is 0 Å². The van der Waals surface area contributed by atoms with Gasteiger partial charge in [-0.2, -0.15) is 0 Å². The second-order valence-corrected chi connectivity index (χ2v) is 7.47. The summed E-state index contributed by atoms with van der Waals surface area (Å²) < 4.78 is 11.5. The molecule has 1 heterocycles. The molecule has 1 N–H and O–H groups in total. The van der Waals surface area contributed by atoms with Crippen LogP contribution in [0.1, 0.15) is 29.5 Å². The van der Waals surface area contributed by atoms with Crippen molar-refractivity contribution >= 4 is 0 Å². The van der Waals surface area contributed by atoms with Crippen molar-refractivity contribution in [3.63, 3.8) is 0 Å². The monoisotopic (exact) mass is 369 g/mol. The Morgan fingerprint density at radius 1 is 1.15 bits per heavy atom. The molecule has 0 amide bonds. The Morgan fingerprint density at radius 2 is 1.96 bits per heavy atom. The average molecular weight is 370 g/mol. The molecule has 146 valence electrons. The highest BCUT2D eigenvalue weighted by molar-refractivity contribution is 5.22. The van der Waals surface area contributed by atoms with Crippen molar-refractivity contribution < 1.29 is 14.6 Å². The molecule has 1 saturated heterocycles. The molecule has 1 aliphatic rings. The normalized spacial score (nSPS) is 18.1. The van der Waals surface area contributed by atoms with Crippen molar-refractivity contribution in [2.24, 2.45) is 0 Å². The standard InChI is InChI=1S/C23H31NO3/c1-19-7-5-10-21(13-19)14-24(16-23-11-6-12-27-23)15-22(25)18-26-17-20-8-3-2-4-9-20/h2-5,7-10,13,22-23,25H,6,11-12,14-18H2,1H3/t22-,23+/m0/s1. The van der Waals surface area contributed by atoms with Crippen LogP contribution in [-0.4, -0.2) is 48.5 Å². The summed E-state index contributed by atoms with van der Waals surface area (Å²) in [6, 6.07) is 18.6. The number of benzene rings is 2. The second kappa shape index (κ2) is 10.6. The molecule has 0 spiro atoms. The van der Waals surface area contributed by atoms with Gasteiger partial charge in [0, 0.05) is 26.2 Å². The number of rotatable bonds is 10. The van der Waals surface area contributed by atoms with Gasteiger partial charge in [-0.3, -0.25) is 4.90 Å². The van der Waals surface area contributed by atoms with Crippen LogP contribution in [0, 0.1) is 6.92 Å². The third kappa shape index (κ3) is 7.07. The Kier molecular flexibility index (Phi) is 7.84. The van der Waals surface area contributed by atoms with E-state index in [0.29, 0.717) is 19.8 Å². The highest BCUT2D eigenvalue weighted by atomic mass is 16.5. The minimum atomic E-state index is -0.514. The van der Waals surface area contributed by atoms with E-state index in [1.54, 1.807) is 0 Å². The number of hydrogen-bond acceptors (Lipinski definition) is 4.